The van der Waals surface area contributed by atoms with Crippen molar-refractivity contribution in [3.8, 4) is 0 Å². The van der Waals surface area contributed by atoms with Gasteiger partial charge in [-0.3, -0.25) is 14.9 Å². The first-order chi connectivity index (χ1) is 13.1. The van der Waals surface area contributed by atoms with Gasteiger partial charge in [-0.25, -0.2) is 4.79 Å². The topological polar surface area (TPSA) is 150 Å². The first kappa shape index (κ1) is 20.7. The van der Waals surface area contributed by atoms with Crippen LogP contribution in [0.3, 0.4) is 0 Å². The second-order valence-corrected chi connectivity index (χ2v) is 6.84. The fraction of sp³-hybridized carbons (Fsp3) is 0.333. The standard InChI is InChI=1S/C18H22N4O6/c1-18(2,3)28-17(24)21-8-5-4-7-20-14-13(22(25)26)10-12(16(19)23)11-6-9-27-15(11)14/h4-6,9-10,20H,7-8H2,1-3H3,(H2,19,23)(H,21,24)/b5-4+. The predicted octanol–water partition coefficient (Wildman–Crippen LogP) is 2.93. The zero-order valence-corrected chi connectivity index (χ0v) is 15.8. The van der Waals surface area contributed by atoms with Crippen LogP contribution in [0.25, 0.3) is 11.0 Å². The molecule has 0 atom stereocenters. The van der Waals surface area contributed by atoms with E-state index in [4.69, 9.17) is 14.9 Å². The fourth-order valence-electron chi connectivity index (χ4n) is 2.42. The number of carbonyl (C=O) groups excluding carboxylic acids is 2. The number of rotatable bonds is 7. The van der Waals surface area contributed by atoms with Gasteiger partial charge in [0.15, 0.2) is 11.3 Å². The summed E-state index contributed by atoms with van der Waals surface area (Å²) >= 11 is 0. The maximum absolute atomic E-state index is 11.6. The monoisotopic (exact) mass is 390 g/mol. The van der Waals surface area contributed by atoms with E-state index < -0.39 is 22.5 Å². The Kier molecular flexibility index (Phi) is 6.24. The fourth-order valence-corrected chi connectivity index (χ4v) is 2.42. The summed E-state index contributed by atoms with van der Waals surface area (Å²) < 4.78 is 10.4. The van der Waals surface area contributed by atoms with Crippen molar-refractivity contribution in [2.24, 2.45) is 5.73 Å². The average molecular weight is 390 g/mol. The molecule has 150 valence electrons. The van der Waals surface area contributed by atoms with Crippen molar-refractivity contribution in [3.05, 3.63) is 46.2 Å². The third kappa shape index (κ3) is 5.22. The van der Waals surface area contributed by atoms with E-state index in [2.05, 4.69) is 10.6 Å². The average Bonchev–Trinajstić information content (AvgIpc) is 3.04. The van der Waals surface area contributed by atoms with Crippen LogP contribution < -0.4 is 16.4 Å². The number of primary amides is 1. The summed E-state index contributed by atoms with van der Waals surface area (Å²) in [6.07, 6.45) is 4.13. The lowest BCUT2D eigenvalue weighted by molar-refractivity contribution is -0.383. The van der Waals surface area contributed by atoms with Crippen molar-refractivity contribution < 1.29 is 23.7 Å². The summed E-state index contributed by atoms with van der Waals surface area (Å²) in [5.74, 6) is -0.783. The van der Waals surface area contributed by atoms with Crippen LogP contribution in [0, 0.1) is 10.1 Å². The van der Waals surface area contributed by atoms with Crippen LogP contribution in [0.15, 0.2) is 35.0 Å². The predicted molar refractivity (Wildman–Crippen MR) is 103 cm³/mol. The molecule has 0 unspecified atom stereocenters. The van der Waals surface area contributed by atoms with Crippen LogP contribution >= 0.6 is 0 Å². The molecule has 1 aromatic carbocycles. The molecule has 0 aliphatic carbocycles. The third-order valence-electron chi connectivity index (χ3n) is 3.51. The molecular weight excluding hydrogens is 368 g/mol. The lowest BCUT2D eigenvalue weighted by Gasteiger charge is -2.19. The van der Waals surface area contributed by atoms with Crippen LogP contribution in [0.4, 0.5) is 16.2 Å². The van der Waals surface area contributed by atoms with Gasteiger partial charge in [-0.05, 0) is 26.8 Å². The number of fused-ring (bicyclic) bond motifs is 1. The van der Waals surface area contributed by atoms with Gasteiger partial charge in [-0.1, -0.05) is 12.2 Å². The normalized spacial score (nSPS) is 11.5. The molecule has 2 rings (SSSR count). The lowest BCUT2D eigenvalue weighted by atomic mass is 10.1. The zero-order chi connectivity index (χ0) is 20.9. The van der Waals surface area contributed by atoms with Crippen LogP contribution in [-0.4, -0.2) is 35.6 Å². The van der Waals surface area contributed by atoms with Crippen molar-refractivity contribution in [1.82, 2.24) is 5.32 Å². The summed E-state index contributed by atoms with van der Waals surface area (Å²) in [7, 11) is 0. The van der Waals surface area contributed by atoms with Gasteiger partial charge in [0, 0.05) is 24.5 Å². The highest BCUT2D eigenvalue weighted by Gasteiger charge is 2.24. The van der Waals surface area contributed by atoms with Crippen molar-refractivity contribution in [3.63, 3.8) is 0 Å². The van der Waals surface area contributed by atoms with E-state index in [1.165, 1.54) is 12.3 Å². The van der Waals surface area contributed by atoms with E-state index in [0.29, 0.717) is 5.39 Å². The second kappa shape index (κ2) is 8.42. The first-order valence-electron chi connectivity index (χ1n) is 8.44. The van der Waals surface area contributed by atoms with Gasteiger partial charge in [0.05, 0.1) is 16.7 Å². The zero-order valence-electron chi connectivity index (χ0n) is 15.8. The van der Waals surface area contributed by atoms with Crippen LogP contribution in [-0.2, 0) is 4.74 Å². The molecule has 0 bridgehead atoms. The number of nitrogens with zero attached hydrogens (tertiary/aromatic N) is 1. The van der Waals surface area contributed by atoms with Crippen molar-refractivity contribution in [2.45, 2.75) is 26.4 Å². The number of nitro benzene ring substituents is 1. The molecule has 0 aliphatic heterocycles. The molecule has 0 aliphatic rings. The maximum atomic E-state index is 11.6. The molecule has 10 heteroatoms. The molecule has 28 heavy (non-hydrogen) atoms. The molecule has 4 N–H and O–H groups in total. The Morgan fingerprint density at radius 1 is 1.32 bits per heavy atom. The van der Waals surface area contributed by atoms with E-state index in [9.17, 15) is 19.7 Å². The summed E-state index contributed by atoms with van der Waals surface area (Å²) in [5.41, 5.74) is 4.71. The largest absolute Gasteiger partial charge is 0.462 e. The second-order valence-electron chi connectivity index (χ2n) is 6.84. The van der Waals surface area contributed by atoms with Gasteiger partial charge in [-0.15, -0.1) is 0 Å². The van der Waals surface area contributed by atoms with Gasteiger partial charge >= 0.3 is 6.09 Å². The number of nitrogens with two attached hydrogens (primary N) is 1. The Labute approximate surface area is 160 Å². The van der Waals surface area contributed by atoms with E-state index in [1.807, 2.05) is 0 Å². The molecule has 1 aromatic heterocycles. The number of carbonyl (C=O) groups is 2. The quantitative estimate of drug-likeness (QED) is 0.373. The number of nitrogens with one attached hydrogen (secondary N) is 2. The van der Waals surface area contributed by atoms with E-state index >= 15 is 0 Å². The van der Waals surface area contributed by atoms with Gasteiger partial charge in [0.25, 0.3) is 5.69 Å². The van der Waals surface area contributed by atoms with Gasteiger partial charge < -0.3 is 25.5 Å². The molecular formula is C18H22N4O6. The highest BCUT2D eigenvalue weighted by molar-refractivity contribution is 6.10. The number of ether oxygens (including phenoxy) is 1. The Morgan fingerprint density at radius 3 is 2.61 bits per heavy atom. The SMILES string of the molecule is CC(C)(C)OC(=O)NC/C=C/CNc1c([N+](=O)[O-])cc(C(N)=O)c2ccoc12. The minimum Gasteiger partial charge on any atom is -0.462 e. The number of amides is 2. The number of hydrogen-bond acceptors (Lipinski definition) is 7. The first-order valence-corrected chi connectivity index (χ1v) is 8.44. The Bertz CT molecular complexity index is 926. The summed E-state index contributed by atoms with van der Waals surface area (Å²) in [6.45, 7) is 5.74. The highest BCUT2D eigenvalue weighted by Crippen LogP contribution is 2.36. The van der Waals surface area contributed by atoms with Crippen molar-refractivity contribution in [1.29, 1.82) is 0 Å². The van der Waals surface area contributed by atoms with Gasteiger partial charge in [-0.2, -0.15) is 0 Å². The van der Waals surface area contributed by atoms with Crippen molar-refractivity contribution in [2.75, 3.05) is 18.4 Å². The van der Waals surface area contributed by atoms with Gasteiger partial charge in [0.2, 0.25) is 5.91 Å². The molecule has 1 heterocycles. The minimum atomic E-state index is -0.783. The lowest BCUT2D eigenvalue weighted by Crippen LogP contribution is -2.32. The summed E-state index contributed by atoms with van der Waals surface area (Å²) in [6, 6.07) is 2.64. The van der Waals surface area contributed by atoms with Crippen LogP contribution in [0.5, 0.6) is 0 Å². The number of alkyl carbamates (subject to hydrolysis) is 1. The molecule has 0 spiro atoms. The summed E-state index contributed by atoms with van der Waals surface area (Å²) in [5, 5.41) is 17.2. The number of benzene rings is 1. The molecule has 2 amide bonds. The highest BCUT2D eigenvalue weighted by atomic mass is 16.6. The minimum absolute atomic E-state index is 0.0121. The molecule has 0 fully saturated rings. The molecule has 2 aromatic rings. The van der Waals surface area contributed by atoms with E-state index in [1.54, 1.807) is 32.9 Å². The third-order valence-corrected chi connectivity index (χ3v) is 3.51. The van der Waals surface area contributed by atoms with Crippen LogP contribution in [0.1, 0.15) is 31.1 Å². The van der Waals surface area contributed by atoms with Crippen LogP contribution in [0.2, 0.25) is 0 Å². The Balaban J connectivity index is 2.06. The number of hydrogen-bond donors (Lipinski definition) is 3. The maximum Gasteiger partial charge on any atom is 0.407 e. The Morgan fingerprint density at radius 2 is 2.00 bits per heavy atom. The number of nitro groups is 1. The number of furan rings is 1. The molecule has 0 radical (unpaired) electrons. The van der Waals surface area contributed by atoms with Gasteiger partial charge in [0.1, 0.15) is 5.60 Å². The molecule has 0 saturated carbocycles. The Hall–Kier alpha value is -3.56. The van der Waals surface area contributed by atoms with E-state index in [-0.39, 0.29) is 35.6 Å². The molecule has 0 saturated heterocycles. The smallest absolute Gasteiger partial charge is 0.407 e. The van der Waals surface area contributed by atoms with Crippen molar-refractivity contribution >= 4 is 34.3 Å². The number of anilines is 1. The van der Waals surface area contributed by atoms with E-state index in [0.717, 1.165) is 6.07 Å². The summed E-state index contributed by atoms with van der Waals surface area (Å²) in [4.78, 5) is 33.8. The molecule has 10 nitrogen and oxygen atoms in total.